The van der Waals surface area contributed by atoms with E-state index in [1.165, 1.54) is 0 Å². The van der Waals surface area contributed by atoms with Crippen LogP contribution in [0.4, 0.5) is 0 Å². The first-order valence-corrected chi connectivity index (χ1v) is 4.52. The molecule has 0 aromatic heterocycles. The van der Waals surface area contributed by atoms with Gasteiger partial charge in [0.15, 0.2) is 0 Å². The van der Waals surface area contributed by atoms with E-state index in [2.05, 4.69) is 18.7 Å². The van der Waals surface area contributed by atoms with Crippen molar-refractivity contribution in [3.8, 4) is 0 Å². The van der Waals surface area contributed by atoms with Gasteiger partial charge < -0.3 is 0 Å². The number of nitrogens with zero attached hydrogens (tertiary/aromatic N) is 1. The third-order valence-corrected chi connectivity index (χ3v) is 2.48. The molecule has 0 bridgehead atoms. The summed E-state index contributed by atoms with van der Waals surface area (Å²) in [6.07, 6.45) is 0. The molecule has 62 valence electrons. The minimum Gasteiger partial charge on any atom is -0.299 e. The van der Waals surface area contributed by atoms with Gasteiger partial charge in [-0.05, 0) is 20.0 Å². The molecule has 0 aromatic carbocycles. The molecule has 0 aliphatic rings. The first-order chi connectivity index (χ1) is 4.63. The van der Waals surface area contributed by atoms with Gasteiger partial charge in [0.1, 0.15) is 4.84 Å². The molecule has 0 saturated carbocycles. The Hall–Kier alpha value is 0.540. The average Bonchev–Trinajstić information content (AvgIpc) is 1.90. The first-order valence-electron chi connectivity index (χ1n) is 3.65. The molecule has 1 atom stereocenters. The molecular formula is C7H15Cl2N. The van der Waals surface area contributed by atoms with E-state index in [9.17, 15) is 0 Å². The zero-order valence-electron chi connectivity index (χ0n) is 6.77. The highest BCUT2D eigenvalue weighted by Gasteiger charge is 2.16. The second-order valence-electron chi connectivity index (χ2n) is 2.30. The molecule has 0 aliphatic heterocycles. The Kier molecular flexibility index (Phi) is 5.51. The van der Waals surface area contributed by atoms with Gasteiger partial charge in [0.25, 0.3) is 0 Å². The fourth-order valence-electron chi connectivity index (χ4n) is 0.959. The normalized spacial score (nSPS) is 14.7. The Balaban J connectivity index is 3.76. The lowest BCUT2D eigenvalue weighted by Gasteiger charge is -2.26. The van der Waals surface area contributed by atoms with Crippen LogP contribution >= 0.6 is 23.2 Å². The Morgan fingerprint density at radius 3 is 1.70 bits per heavy atom. The molecule has 0 fully saturated rings. The van der Waals surface area contributed by atoms with E-state index in [4.69, 9.17) is 23.2 Å². The van der Waals surface area contributed by atoms with Crippen LogP contribution < -0.4 is 0 Å². The van der Waals surface area contributed by atoms with Gasteiger partial charge in [-0.25, -0.2) is 0 Å². The molecule has 0 heterocycles. The molecule has 1 nitrogen and oxygen atoms in total. The largest absolute Gasteiger partial charge is 0.299 e. The SMILES string of the molecule is CCN(CC)C(C)C(Cl)Cl. The number of halogens is 2. The second-order valence-corrected chi connectivity index (χ2v) is 3.46. The van der Waals surface area contributed by atoms with Crippen LogP contribution in [0.25, 0.3) is 0 Å². The quantitative estimate of drug-likeness (QED) is 0.607. The molecule has 0 N–H and O–H groups in total. The van der Waals surface area contributed by atoms with Crippen LogP contribution in [0.15, 0.2) is 0 Å². The molecule has 1 unspecified atom stereocenters. The third-order valence-electron chi connectivity index (χ3n) is 1.75. The van der Waals surface area contributed by atoms with Crippen molar-refractivity contribution in [1.29, 1.82) is 0 Å². The van der Waals surface area contributed by atoms with Crippen molar-refractivity contribution in [3.05, 3.63) is 0 Å². The summed E-state index contributed by atoms with van der Waals surface area (Å²) in [7, 11) is 0. The van der Waals surface area contributed by atoms with Crippen molar-refractivity contribution in [1.82, 2.24) is 4.90 Å². The van der Waals surface area contributed by atoms with Gasteiger partial charge in [0.2, 0.25) is 0 Å². The van der Waals surface area contributed by atoms with E-state index in [-0.39, 0.29) is 10.9 Å². The highest BCUT2D eigenvalue weighted by Crippen LogP contribution is 2.13. The van der Waals surface area contributed by atoms with Crippen LogP contribution in [-0.2, 0) is 0 Å². The van der Waals surface area contributed by atoms with Crippen molar-refractivity contribution >= 4 is 23.2 Å². The van der Waals surface area contributed by atoms with Crippen LogP contribution in [0.2, 0.25) is 0 Å². The lowest BCUT2D eigenvalue weighted by molar-refractivity contribution is 0.241. The Labute approximate surface area is 73.3 Å². The summed E-state index contributed by atoms with van der Waals surface area (Å²) in [5.74, 6) is 0. The molecule has 0 saturated heterocycles. The summed E-state index contributed by atoms with van der Waals surface area (Å²) in [5, 5.41) is 0. The number of alkyl halides is 2. The van der Waals surface area contributed by atoms with Crippen molar-refractivity contribution in [2.75, 3.05) is 13.1 Å². The van der Waals surface area contributed by atoms with Gasteiger partial charge >= 0.3 is 0 Å². The minimum atomic E-state index is -0.278. The van der Waals surface area contributed by atoms with Crippen LogP contribution in [0.5, 0.6) is 0 Å². The zero-order chi connectivity index (χ0) is 8.15. The van der Waals surface area contributed by atoms with Gasteiger partial charge in [-0.2, -0.15) is 0 Å². The number of hydrogen-bond donors (Lipinski definition) is 0. The maximum atomic E-state index is 5.70. The molecule has 10 heavy (non-hydrogen) atoms. The van der Waals surface area contributed by atoms with Gasteiger partial charge in [0, 0.05) is 6.04 Å². The maximum Gasteiger partial charge on any atom is 0.123 e. The molecular weight excluding hydrogens is 169 g/mol. The van der Waals surface area contributed by atoms with Crippen molar-refractivity contribution in [3.63, 3.8) is 0 Å². The van der Waals surface area contributed by atoms with Gasteiger partial charge in [-0.3, -0.25) is 4.90 Å². The minimum absolute atomic E-state index is 0.262. The molecule has 0 amide bonds. The Bertz CT molecular complexity index is 81.7. The van der Waals surface area contributed by atoms with E-state index in [1.54, 1.807) is 0 Å². The average molecular weight is 184 g/mol. The fraction of sp³-hybridized carbons (Fsp3) is 1.00. The number of hydrogen-bond acceptors (Lipinski definition) is 1. The van der Waals surface area contributed by atoms with Crippen LogP contribution in [0, 0.1) is 0 Å². The standard InChI is InChI=1S/C7H15Cl2N/c1-4-10(5-2)6(3)7(8)9/h6-7H,4-5H2,1-3H3. The smallest absolute Gasteiger partial charge is 0.123 e. The fourth-order valence-corrected chi connectivity index (χ4v) is 1.28. The molecule has 0 aromatic rings. The molecule has 0 spiro atoms. The summed E-state index contributed by atoms with van der Waals surface area (Å²) in [6, 6.07) is 0.262. The molecule has 0 aliphatic carbocycles. The lowest BCUT2D eigenvalue weighted by Crippen LogP contribution is -2.36. The number of rotatable bonds is 4. The van der Waals surface area contributed by atoms with Gasteiger partial charge in [-0.15, -0.1) is 23.2 Å². The first kappa shape index (κ1) is 10.5. The molecule has 3 heteroatoms. The van der Waals surface area contributed by atoms with Gasteiger partial charge in [0.05, 0.1) is 0 Å². The molecule has 0 radical (unpaired) electrons. The third kappa shape index (κ3) is 3.09. The zero-order valence-corrected chi connectivity index (χ0v) is 8.28. The highest BCUT2D eigenvalue weighted by molar-refractivity contribution is 6.44. The predicted molar refractivity (Wildman–Crippen MR) is 47.9 cm³/mol. The van der Waals surface area contributed by atoms with E-state index in [1.807, 2.05) is 6.92 Å². The van der Waals surface area contributed by atoms with Crippen molar-refractivity contribution < 1.29 is 0 Å². The summed E-state index contributed by atoms with van der Waals surface area (Å²) in [4.78, 5) is 1.95. The monoisotopic (exact) mass is 183 g/mol. The van der Waals surface area contributed by atoms with Crippen LogP contribution in [0.1, 0.15) is 20.8 Å². The van der Waals surface area contributed by atoms with Crippen molar-refractivity contribution in [2.45, 2.75) is 31.6 Å². The van der Waals surface area contributed by atoms with Crippen LogP contribution in [-0.4, -0.2) is 28.9 Å². The van der Waals surface area contributed by atoms with E-state index in [0.29, 0.717) is 0 Å². The Morgan fingerprint density at radius 2 is 1.60 bits per heavy atom. The summed E-state index contributed by atoms with van der Waals surface area (Å²) in [6.45, 7) is 8.27. The summed E-state index contributed by atoms with van der Waals surface area (Å²) >= 11 is 11.4. The van der Waals surface area contributed by atoms with Crippen molar-refractivity contribution in [2.24, 2.45) is 0 Å². The lowest BCUT2D eigenvalue weighted by atomic mass is 10.3. The topological polar surface area (TPSA) is 3.24 Å². The van der Waals surface area contributed by atoms with E-state index < -0.39 is 0 Å². The predicted octanol–water partition coefficient (Wildman–Crippen LogP) is 2.52. The Morgan fingerprint density at radius 1 is 1.20 bits per heavy atom. The highest BCUT2D eigenvalue weighted by atomic mass is 35.5. The summed E-state index contributed by atoms with van der Waals surface area (Å²) < 4.78 is 0. The summed E-state index contributed by atoms with van der Waals surface area (Å²) in [5.41, 5.74) is 0. The van der Waals surface area contributed by atoms with Gasteiger partial charge in [-0.1, -0.05) is 13.8 Å². The van der Waals surface area contributed by atoms with E-state index >= 15 is 0 Å². The van der Waals surface area contributed by atoms with E-state index in [0.717, 1.165) is 13.1 Å². The van der Waals surface area contributed by atoms with Crippen LogP contribution in [0.3, 0.4) is 0 Å². The second kappa shape index (κ2) is 5.22. The molecule has 0 rings (SSSR count). The maximum absolute atomic E-state index is 5.70.